The van der Waals surface area contributed by atoms with Gasteiger partial charge in [-0.1, -0.05) is 12.1 Å². The van der Waals surface area contributed by atoms with E-state index in [4.69, 9.17) is 20.5 Å². The molecule has 2 aromatic carbocycles. The predicted octanol–water partition coefficient (Wildman–Crippen LogP) is 3.41. The number of carbonyl (C=O) groups excluding carboxylic acids is 1. The number of carbonyl (C=O) groups is 1. The van der Waals surface area contributed by atoms with Crippen LogP contribution in [0.2, 0.25) is 0 Å². The van der Waals surface area contributed by atoms with Gasteiger partial charge < -0.3 is 15.2 Å². The summed E-state index contributed by atoms with van der Waals surface area (Å²) in [5, 5.41) is 8.93. The van der Waals surface area contributed by atoms with E-state index >= 15 is 0 Å². The Bertz CT molecular complexity index is 858. The number of nitrogens with two attached hydrogens (primary N) is 1. The maximum absolute atomic E-state index is 12.9. The lowest BCUT2D eigenvalue weighted by molar-refractivity contribution is -0.114. The molecule has 0 radical (unpaired) electrons. The molecule has 0 fully saturated rings. The van der Waals surface area contributed by atoms with E-state index < -0.39 is 5.91 Å². The lowest BCUT2D eigenvalue weighted by Gasteiger charge is -2.14. The van der Waals surface area contributed by atoms with Crippen LogP contribution in [-0.2, 0) is 11.4 Å². The zero-order valence-electron chi connectivity index (χ0n) is 13.3. The zero-order valence-corrected chi connectivity index (χ0v) is 15.4. The number of methoxy groups -OCH3 is 1. The largest absolute Gasteiger partial charge is 0.493 e. The molecule has 0 saturated heterocycles. The van der Waals surface area contributed by atoms with Gasteiger partial charge in [-0.25, -0.2) is 4.39 Å². The van der Waals surface area contributed by atoms with E-state index in [0.29, 0.717) is 17.1 Å². The molecule has 0 aliphatic rings. The molecule has 0 spiro atoms. The summed E-state index contributed by atoms with van der Waals surface area (Å²) in [6, 6.07) is 11.1. The highest BCUT2D eigenvalue weighted by Gasteiger charge is 2.13. The summed E-state index contributed by atoms with van der Waals surface area (Å²) < 4.78 is 24.8. The number of hydrogen-bond donors (Lipinski definition) is 1. The Labute approximate surface area is 158 Å². The first-order valence-electron chi connectivity index (χ1n) is 7.11. The number of halogens is 2. The van der Waals surface area contributed by atoms with Gasteiger partial charge in [0.15, 0.2) is 11.5 Å². The molecule has 1 amide bonds. The van der Waals surface area contributed by atoms with Crippen molar-refractivity contribution in [2.75, 3.05) is 7.11 Å². The van der Waals surface area contributed by atoms with Crippen molar-refractivity contribution in [3.05, 3.63) is 62.5 Å². The van der Waals surface area contributed by atoms with Crippen LogP contribution >= 0.6 is 22.6 Å². The second-order valence-electron chi connectivity index (χ2n) is 4.98. The number of ether oxygens (including phenoxy) is 2. The highest BCUT2D eigenvalue weighted by molar-refractivity contribution is 14.1. The van der Waals surface area contributed by atoms with E-state index in [9.17, 15) is 9.18 Å². The Kier molecular flexibility index (Phi) is 6.36. The molecule has 2 aromatic rings. The van der Waals surface area contributed by atoms with Crippen molar-refractivity contribution in [1.29, 1.82) is 5.26 Å². The van der Waals surface area contributed by atoms with Gasteiger partial charge >= 0.3 is 0 Å². The number of rotatable bonds is 6. The molecule has 2 rings (SSSR count). The third kappa shape index (κ3) is 4.93. The fourth-order valence-corrected chi connectivity index (χ4v) is 2.81. The predicted molar refractivity (Wildman–Crippen MR) is 99.2 cm³/mol. The SMILES string of the molecule is COc1cc(/C=C(\C#N)C(N)=O)cc(I)c1OCc1ccc(F)cc1. The van der Waals surface area contributed by atoms with Crippen LogP contribution in [0.25, 0.3) is 6.08 Å². The number of nitriles is 1. The number of nitrogens with zero attached hydrogens (tertiary/aromatic N) is 1. The highest BCUT2D eigenvalue weighted by Crippen LogP contribution is 2.35. The standard InChI is InChI=1S/C18H14FIN2O3/c1-24-16-8-12(6-13(9-21)18(22)23)7-15(20)17(16)25-10-11-2-4-14(19)5-3-11/h2-8H,10H2,1H3,(H2,22,23)/b13-6+. The molecule has 0 atom stereocenters. The smallest absolute Gasteiger partial charge is 0.259 e. The van der Waals surface area contributed by atoms with Crippen molar-refractivity contribution in [3.8, 4) is 17.6 Å². The summed E-state index contributed by atoms with van der Waals surface area (Å²) in [6.07, 6.45) is 1.39. The summed E-state index contributed by atoms with van der Waals surface area (Å²) in [4.78, 5) is 11.2. The topological polar surface area (TPSA) is 85.3 Å². The quantitative estimate of drug-likeness (QED) is 0.414. The first-order chi connectivity index (χ1) is 11.9. The molecule has 25 heavy (non-hydrogen) atoms. The normalized spacial score (nSPS) is 10.9. The molecular formula is C18H14FIN2O3. The molecular weight excluding hydrogens is 438 g/mol. The molecule has 0 heterocycles. The van der Waals surface area contributed by atoms with E-state index in [1.165, 1.54) is 25.3 Å². The van der Waals surface area contributed by atoms with Crippen molar-refractivity contribution in [2.45, 2.75) is 6.61 Å². The summed E-state index contributed by atoms with van der Waals surface area (Å²) in [7, 11) is 1.49. The Hall–Kier alpha value is -2.60. The van der Waals surface area contributed by atoms with Crippen LogP contribution in [0.4, 0.5) is 4.39 Å². The van der Waals surface area contributed by atoms with Crippen LogP contribution in [0.1, 0.15) is 11.1 Å². The molecule has 0 aliphatic heterocycles. The lowest BCUT2D eigenvalue weighted by atomic mass is 10.1. The number of amides is 1. The van der Waals surface area contributed by atoms with E-state index in [-0.39, 0.29) is 18.0 Å². The van der Waals surface area contributed by atoms with E-state index in [1.54, 1.807) is 30.3 Å². The average molecular weight is 452 g/mol. The zero-order chi connectivity index (χ0) is 18.4. The van der Waals surface area contributed by atoms with Gasteiger partial charge in [0.05, 0.1) is 10.7 Å². The van der Waals surface area contributed by atoms with Crippen LogP contribution in [0.5, 0.6) is 11.5 Å². The molecule has 128 valence electrons. The summed E-state index contributed by atoms with van der Waals surface area (Å²) >= 11 is 2.07. The minimum absolute atomic E-state index is 0.155. The molecule has 5 nitrogen and oxygen atoms in total. The van der Waals surface area contributed by atoms with E-state index in [2.05, 4.69) is 22.6 Å². The lowest BCUT2D eigenvalue weighted by Crippen LogP contribution is -2.12. The number of hydrogen-bond acceptors (Lipinski definition) is 4. The Morgan fingerprint density at radius 1 is 1.36 bits per heavy atom. The van der Waals surface area contributed by atoms with Gasteiger partial charge in [0.25, 0.3) is 5.91 Å². The minimum Gasteiger partial charge on any atom is -0.493 e. The van der Waals surface area contributed by atoms with Gasteiger partial charge in [0.1, 0.15) is 24.1 Å². The van der Waals surface area contributed by atoms with Gasteiger partial charge in [0.2, 0.25) is 0 Å². The number of benzene rings is 2. The van der Waals surface area contributed by atoms with Crippen molar-refractivity contribution in [3.63, 3.8) is 0 Å². The third-order valence-electron chi connectivity index (χ3n) is 3.25. The van der Waals surface area contributed by atoms with Gasteiger partial charge in [-0.2, -0.15) is 5.26 Å². The first-order valence-corrected chi connectivity index (χ1v) is 8.19. The van der Waals surface area contributed by atoms with Gasteiger partial charge in [-0.15, -0.1) is 0 Å². The van der Waals surface area contributed by atoms with Crippen LogP contribution in [0.15, 0.2) is 42.0 Å². The summed E-state index contributed by atoms with van der Waals surface area (Å²) in [5.74, 6) is -0.146. The van der Waals surface area contributed by atoms with Crippen molar-refractivity contribution >= 4 is 34.6 Å². The van der Waals surface area contributed by atoms with Crippen molar-refractivity contribution in [1.82, 2.24) is 0 Å². The van der Waals surface area contributed by atoms with Gasteiger partial charge in [-0.05, 0) is 64.1 Å². The average Bonchev–Trinajstić information content (AvgIpc) is 2.59. The summed E-state index contributed by atoms with van der Waals surface area (Å²) in [5.41, 5.74) is 6.38. The molecule has 7 heteroatoms. The van der Waals surface area contributed by atoms with E-state index in [0.717, 1.165) is 9.13 Å². The molecule has 0 bridgehead atoms. The molecule has 0 aromatic heterocycles. The Morgan fingerprint density at radius 2 is 2.04 bits per heavy atom. The minimum atomic E-state index is -0.798. The first kappa shape index (κ1) is 18.7. The second kappa shape index (κ2) is 8.48. The number of primary amides is 1. The van der Waals surface area contributed by atoms with Crippen molar-refractivity contribution < 1.29 is 18.7 Å². The Morgan fingerprint density at radius 3 is 2.60 bits per heavy atom. The molecule has 2 N–H and O–H groups in total. The molecule has 0 saturated carbocycles. The van der Waals surface area contributed by atoms with Gasteiger partial charge in [0, 0.05) is 0 Å². The fourth-order valence-electron chi connectivity index (χ4n) is 2.02. The van der Waals surface area contributed by atoms with Crippen LogP contribution in [0, 0.1) is 20.7 Å². The Balaban J connectivity index is 2.29. The third-order valence-corrected chi connectivity index (χ3v) is 4.05. The molecule has 0 unspecified atom stereocenters. The summed E-state index contributed by atoms with van der Waals surface area (Å²) in [6.45, 7) is 0.243. The van der Waals surface area contributed by atoms with Gasteiger partial charge in [-0.3, -0.25) is 4.79 Å². The van der Waals surface area contributed by atoms with Crippen molar-refractivity contribution in [2.24, 2.45) is 5.73 Å². The maximum atomic E-state index is 12.9. The van der Waals surface area contributed by atoms with E-state index in [1.807, 2.05) is 0 Å². The highest BCUT2D eigenvalue weighted by atomic mass is 127. The molecule has 0 aliphatic carbocycles. The van der Waals surface area contributed by atoms with Crippen LogP contribution < -0.4 is 15.2 Å². The fraction of sp³-hybridized carbons (Fsp3) is 0.111. The maximum Gasteiger partial charge on any atom is 0.259 e. The second-order valence-corrected chi connectivity index (χ2v) is 6.15. The van der Waals surface area contributed by atoms with Crippen LogP contribution in [0.3, 0.4) is 0 Å². The monoisotopic (exact) mass is 452 g/mol. The van der Waals surface area contributed by atoms with Crippen LogP contribution in [-0.4, -0.2) is 13.0 Å².